The second-order valence-electron chi connectivity index (χ2n) is 2.90. The number of allylic oxidation sites excluding steroid dienone is 1. The number of aliphatic hydroxyl groups excluding tert-OH is 1. The number of esters is 1. The Morgan fingerprint density at radius 3 is 2.71 bits per heavy atom. The molecule has 0 aromatic carbocycles. The van der Waals surface area contributed by atoms with E-state index in [1.54, 1.807) is 0 Å². The van der Waals surface area contributed by atoms with Gasteiger partial charge in [0.05, 0.1) is 16.2 Å². The molecule has 1 rings (SSSR count). The summed E-state index contributed by atoms with van der Waals surface area (Å²) in [6, 6.07) is 0. The fraction of sp³-hybridized carbons (Fsp3) is 0.444. The fourth-order valence-corrected chi connectivity index (χ4v) is 2.44. The lowest BCUT2D eigenvalue weighted by Gasteiger charge is -2.07. The van der Waals surface area contributed by atoms with Crippen LogP contribution in [0.5, 0.6) is 0 Å². The van der Waals surface area contributed by atoms with Crippen molar-refractivity contribution in [1.29, 1.82) is 0 Å². The minimum atomic E-state index is -0.758. The Hall–Kier alpha value is -0.130. The van der Waals surface area contributed by atoms with E-state index < -0.39 is 12.1 Å². The first-order valence-corrected chi connectivity index (χ1v) is 5.93. The highest BCUT2D eigenvalue weighted by Crippen LogP contribution is 2.34. The maximum atomic E-state index is 11.3. The predicted molar refractivity (Wildman–Crippen MR) is 60.0 cm³/mol. The molecule has 0 bridgehead atoms. The summed E-state index contributed by atoms with van der Waals surface area (Å²) in [5, 5.41) is 9.67. The second-order valence-corrected chi connectivity index (χ2v) is 4.15. The van der Waals surface area contributed by atoms with Gasteiger partial charge in [0.15, 0.2) is 5.76 Å². The normalized spacial score (nSPS) is 21.7. The summed E-state index contributed by atoms with van der Waals surface area (Å²) < 4.78 is 5.43. The van der Waals surface area contributed by atoms with Crippen molar-refractivity contribution in [2.45, 2.75) is 25.9 Å². The minimum Gasteiger partial charge on any atom is -0.421 e. The summed E-state index contributed by atoms with van der Waals surface area (Å²) in [5.41, 5.74) is 0.303. The van der Waals surface area contributed by atoms with E-state index in [4.69, 9.17) is 4.74 Å². The van der Waals surface area contributed by atoms with Gasteiger partial charge in [0.25, 0.3) is 0 Å². The third kappa shape index (κ3) is 2.27. The molecule has 0 amide bonds. The van der Waals surface area contributed by atoms with E-state index in [1.165, 1.54) is 4.99 Å². The Morgan fingerprint density at radius 1 is 1.64 bits per heavy atom. The molecule has 14 heavy (non-hydrogen) atoms. The minimum absolute atomic E-state index is 0.303. The standard InChI is InChI=1S/C9H10Br2O3/c1-2-3-5(12)7-8(11)6(4-10)14-9(7)13/h4-5,12H,2-3H2,1H3/b6-4-. The van der Waals surface area contributed by atoms with Crippen LogP contribution < -0.4 is 0 Å². The van der Waals surface area contributed by atoms with Crippen molar-refractivity contribution in [2.75, 3.05) is 0 Å². The molecular formula is C9H10Br2O3. The first-order valence-electron chi connectivity index (χ1n) is 4.22. The van der Waals surface area contributed by atoms with Gasteiger partial charge < -0.3 is 9.84 Å². The smallest absolute Gasteiger partial charge is 0.343 e. The number of halogens is 2. The third-order valence-electron chi connectivity index (χ3n) is 1.87. The van der Waals surface area contributed by atoms with E-state index in [0.717, 1.165) is 6.42 Å². The van der Waals surface area contributed by atoms with Crippen LogP contribution in [0.2, 0.25) is 0 Å². The number of hydrogen-bond donors (Lipinski definition) is 1. The van der Waals surface area contributed by atoms with Crippen molar-refractivity contribution in [3.05, 3.63) is 20.8 Å². The van der Waals surface area contributed by atoms with Crippen LogP contribution in [0, 0.1) is 0 Å². The zero-order valence-corrected chi connectivity index (χ0v) is 10.8. The zero-order chi connectivity index (χ0) is 10.7. The number of carbonyl (C=O) groups excluding carboxylic acids is 1. The van der Waals surface area contributed by atoms with Crippen LogP contribution in [-0.2, 0) is 9.53 Å². The summed E-state index contributed by atoms with van der Waals surface area (Å²) in [4.78, 5) is 12.8. The van der Waals surface area contributed by atoms with Crippen LogP contribution in [0.3, 0.4) is 0 Å². The van der Waals surface area contributed by atoms with Crippen molar-refractivity contribution in [2.24, 2.45) is 0 Å². The quantitative estimate of drug-likeness (QED) is 0.811. The lowest BCUT2D eigenvalue weighted by Crippen LogP contribution is -2.15. The summed E-state index contributed by atoms with van der Waals surface area (Å²) in [6.45, 7) is 1.94. The largest absolute Gasteiger partial charge is 0.421 e. The fourth-order valence-electron chi connectivity index (χ4n) is 1.19. The molecular weight excluding hydrogens is 316 g/mol. The molecule has 0 aliphatic carbocycles. The molecule has 0 radical (unpaired) electrons. The summed E-state index contributed by atoms with van der Waals surface area (Å²) >= 11 is 6.29. The molecule has 1 N–H and O–H groups in total. The van der Waals surface area contributed by atoms with Crippen LogP contribution in [0.1, 0.15) is 19.8 Å². The topological polar surface area (TPSA) is 46.5 Å². The molecule has 1 aliphatic rings. The van der Waals surface area contributed by atoms with Gasteiger partial charge >= 0.3 is 5.97 Å². The Morgan fingerprint density at radius 2 is 2.29 bits per heavy atom. The second kappa shape index (κ2) is 5.09. The van der Waals surface area contributed by atoms with E-state index in [0.29, 0.717) is 22.2 Å². The Balaban J connectivity index is 2.95. The predicted octanol–water partition coefficient (Wildman–Crippen LogP) is 2.59. The molecule has 0 aromatic rings. The SMILES string of the molecule is CCCC(O)C1=C(Br)/C(=C/Br)OC1=O. The van der Waals surface area contributed by atoms with Crippen molar-refractivity contribution < 1.29 is 14.6 Å². The monoisotopic (exact) mass is 324 g/mol. The Bertz CT molecular complexity index is 307. The summed E-state index contributed by atoms with van der Waals surface area (Å²) in [6.07, 6.45) is 0.604. The van der Waals surface area contributed by atoms with E-state index >= 15 is 0 Å². The summed E-state index contributed by atoms with van der Waals surface area (Å²) in [7, 11) is 0. The van der Waals surface area contributed by atoms with Gasteiger partial charge in [-0.1, -0.05) is 29.3 Å². The first-order chi connectivity index (χ1) is 6.61. The van der Waals surface area contributed by atoms with Crippen LogP contribution >= 0.6 is 31.9 Å². The lowest BCUT2D eigenvalue weighted by atomic mass is 10.1. The molecule has 1 unspecified atom stereocenters. The van der Waals surface area contributed by atoms with E-state index in [1.807, 2.05) is 6.92 Å². The van der Waals surface area contributed by atoms with E-state index in [9.17, 15) is 9.90 Å². The van der Waals surface area contributed by atoms with Gasteiger partial charge in [0.1, 0.15) is 0 Å². The molecule has 1 heterocycles. The highest BCUT2D eigenvalue weighted by Gasteiger charge is 2.32. The highest BCUT2D eigenvalue weighted by atomic mass is 79.9. The Kier molecular flexibility index (Phi) is 4.34. The lowest BCUT2D eigenvalue weighted by molar-refractivity contribution is -0.134. The molecule has 0 fully saturated rings. The van der Waals surface area contributed by atoms with Crippen molar-refractivity contribution in [3.8, 4) is 0 Å². The molecule has 1 atom stereocenters. The molecule has 3 nitrogen and oxygen atoms in total. The van der Waals surface area contributed by atoms with Gasteiger partial charge in [0, 0.05) is 4.99 Å². The maximum Gasteiger partial charge on any atom is 0.343 e. The number of cyclic esters (lactones) is 1. The van der Waals surface area contributed by atoms with E-state index in [2.05, 4.69) is 31.9 Å². The first kappa shape index (κ1) is 11.9. The zero-order valence-electron chi connectivity index (χ0n) is 7.59. The Labute approximate surface area is 99.1 Å². The molecule has 5 heteroatoms. The van der Waals surface area contributed by atoms with Gasteiger partial charge in [-0.15, -0.1) is 0 Å². The average molecular weight is 326 g/mol. The van der Waals surface area contributed by atoms with Crippen LogP contribution in [-0.4, -0.2) is 17.2 Å². The molecule has 0 saturated carbocycles. The summed E-state index contributed by atoms with van der Waals surface area (Å²) in [5.74, 6) is -0.0799. The van der Waals surface area contributed by atoms with Crippen molar-refractivity contribution in [1.82, 2.24) is 0 Å². The third-order valence-corrected chi connectivity index (χ3v) is 3.10. The van der Waals surface area contributed by atoms with Gasteiger partial charge in [-0.05, 0) is 22.4 Å². The number of rotatable bonds is 3. The molecule has 78 valence electrons. The molecule has 1 aliphatic heterocycles. The van der Waals surface area contributed by atoms with Crippen molar-refractivity contribution in [3.63, 3.8) is 0 Å². The molecule has 0 saturated heterocycles. The number of carbonyl (C=O) groups is 1. The number of hydrogen-bond acceptors (Lipinski definition) is 3. The van der Waals surface area contributed by atoms with Crippen LogP contribution in [0.4, 0.5) is 0 Å². The van der Waals surface area contributed by atoms with E-state index in [-0.39, 0.29) is 0 Å². The average Bonchev–Trinajstić information content (AvgIpc) is 2.41. The van der Waals surface area contributed by atoms with Gasteiger partial charge in [0.2, 0.25) is 0 Å². The van der Waals surface area contributed by atoms with Crippen molar-refractivity contribution >= 4 is 37.8 Å². The number of ether oxygens (including phenoxy) is 1. The molecule has 0 spiro atoms. The van der Waals surface area contributed by atoms with Gasteiger partial charge in [-0.2, -0.15) is 0 Å². The van der Waals surface area contributed by atoms with Crippen LogP contribution in [0.25, 0.3) is 0 Å². The van der Waals surface area contributed by atoms with Gasteiger partial charge in [-0.3, -0.25) is 0 Å². The van der Waals surface area contributed by atoms with Crippen LogP contribution in [0.15, 0.2) is 20.8 Å². The number of aliphatic hydroxyl groups is 1. The molecule has 0 aromatic heterocycles. The van der Waals surface area contributed by atoms with Gasteiger partial charge in [-0.25, -0.2) is 4.79 Å². The highest BCUT2D eigenvalue weighted by molar-refractivity contribution is 9.12. The maximum absolute atomic E-state index is 11.3.